The smallest absolute Gasteiger partial charge is 0.258 e. The Hall–Kier alpha value is -2.68. The Labute approximate surface area is 111 Å². The van der Waals surface area contributed by atoms with E-state index < -0.39 is 4.92 Å². The van der Waals surface area contributed by atoms with Gasteiger partial charge in [-0.25, -0.2) is 0 Å². The highest BCUT2D eigenvalue weighted by molar-refractivity contribution is 6.04. The van der Waals surface area contributed by atoms with Gasteiger partial charge in [0.05, 0.1) is 10.5 Å². The van der Waals surface area contributed by atoms with Gasteiger partial charge in [-0.3, -0.25) is 10.1 Å². The van der Waals surface area contributed by atoms with E-state index in [1.54, 1.807) is 18.2 Å². The molecule has 0 fully saturated rings. The zero-order chi connectivity index (χ0) is 13.8. The van der Waals surface area contributed by atoms with Crippen LogP contribution < -0.4 is 0 Å². The second-order valence-electron chi connectivity index (χ2n) is 4.10. The second-order valence-corrected chi connectivity index (χ2v) is 4.10. The zero-order valence-electron chi connectivity index (χ0n) is 10.4. The Kier molecular flexibility index (Phi) is 3.57. The molecule has 3 nitrogen and oxygen atoms in total. The summed E-state index contributed by atoms with van der Waals surface area (Å²) in [4.78, 5) is 10.6. The molecule has 2 aromatic carbocycles. The van der Waals surface area contributed by atoms with Crippen molar-refractivity contribution in [2.24, 2.45) is 0 Å². The van der Waals surface area contributed by atoms with Crippen LogP contribution in [0.25, 0.3) is 11.1 Å². The first kappa shape index (κ1) is 12.8. The van der Waals surface area contributed by atoms with E-state index in [0.29, 0.717) is 16.7 Å². The second kappa shape index (κ2) is 5.31. The van der Waals surface area contributed by atoms with Gasteiger partial charge in [0.1, 0.15) is 0 Å². The van der Waals surface area contributed by atoms with E-state index in [4.69, 9.17) is 0 Å². The Balaban J connectivity index is 2.41. The zero-order valence-corrected chi connectivity index (χ0v) is 10.4. The average molecular weight is 251 g/mol. The molecule has 0 amide bonds. The Bertz CT molecular complexity index is 645. The molecule has 0 unspecified atom stereocenters. The predicted octanol–water partition coefficient (Wildman–Crippen LogP) is 4.32. The van der Waals surface area contributed by atoms with E-state index in [0.717, 1.165) is 5.56 Å². The quantitative estimate of drug-likeness (QED) is 0.461. The number of benzene rings is 2. The maximum Gasteiger partial charge on any atom is 0.277 e. The highest BCUT2D eigenvalue weighted by Gasteiger charge is 2.16. The van der Waals surface area contributed by atoms with Gasteiger partial charge in [-0.1, -0.05) is 55.6 Å². The van der Waals surface area contributed by atoms with Crippen LogP contribution in [0.3, 0.4) is 0 Å². The van der Waals surface area contributed by atoms with Crippen LogP contribution in [0, 0.1) is 10.1 Å². The van der Waals surface area contributed by atoms with E-state index in [2.05, 4.69) is 13.2 Å². The van der Waals surface area contributed by atoms with Crippen LogP contribution in [0.15, 0.2) is 67.8 Å². The lowest BCUT2D eigenvalue weighted by Gasteiger charge is -2.10. The molecule has 0 saturated carbocycles. The molecule has 0 bridgehead atoms. The molecule has 3 heteroatoms. The fourth-order valence-corrected chi connectivity index (χ4v) is 1.86. The van der Waals surface area contributed by atoms with Crippen LogP contribution in [-0.4, -0.2) is 4.92 Å². The van der Waals surface area contributed by atoms with Gasteiger partial charge in [-0.2, -0.15) is 0 Å². The third-order valence-electron chi connectivity index (χ3n) is 2.91. The van der Waals surface area contributed by atoms with Crippen molar-refractivity contribution in [2.45, 2.75) is 0 Å². The van der Waals surface area contributed by atoms with Crippen LogP contribution in [0.5, 0.6) is 0 Å². The van der Waals surface area contributed by atoms with Crippen LogP contribution >= 0.6 is 0 Å². The van der Waals surface area contributed by atoms with Gasteiger partial charge in [-0.05, 0) is 22.8 Å². The van der Waals surface area contributed by atoms with Crippen molar-refractivity contribution >= 4 is 16.8 Å². The van der Waals surface area contributed by atoms with Crippen molar-refractivity contribution in [3.05, 3.63) is 89.0 Å². The predicted molar refractivity (Wildman–Crippen MR) is 77.6 cm³/mol. The standard InChI is InChI=1S/C16H13NO2/c1-12(14-8-4-3-5-9-14)13(2)15-10-6-7-11-16(15)17(18)19/h3-11H,1-2H2. The van der Waals surface area contributed by atoms with Gasteiger partial charge in [-0.15, -0.1) is 0 Å². The Morgan fingerprint density at radius 2 is 1.47 bits per heavy atom. The lowest BCUT2D eigenvalue weighted by molar-refractivity contribution is -0.385. The largest absolute Gasteiger partial charge is 0.277 e. The summed E-state index contributed by atoms with van der Waals surface area (Å²) in [7, 11) is 0. The van der Waals surface area contributed by atoms with E-state index in [1.165, 1.54) is 6.07 Å². The Morgan fingerprint density at radius 3 is 2.11 bits per heavy atom. The summed E-state index contributed by atoms with van der Waals surface area (Å²) in [6.07, 6.45) is 0. The van der Waals surface area contributed by atoms with E-state index in [9.17, 15) is 10.1 Å². The molecule has 2 rings (SSSR count). The number of rotatable bonds is 4. The first-order chi connectivity index (χ1) is 9.11. The molecule has 0 aromatic heterocycles. The van der Waals surface area contributed by atoms with Crippen molar-refractivity contribution in [1.82, 2.24) is 0 Å². The third kappa shape index (κ3) is 2.60. The molecular formula is C16H13NO2. The van der Waals surface area contributed by atoms with Crippen molar-refractivity contribution < 1.29 is 4.92 Å². The number of para-hydroxylation sites is 1. The summed E-state index contributed by atoms with van der Waals surface area (Å²) in [5.41, 5.74) is 2.71. The van der Waals surface area contributed by atoms with E-state index >= 15 is 0 Å². The third-order valence-corrected chi connectivity index (χ3v) is 2.91. The first-order valence-corrected chi connectivity index (χ1v) is 5.78. The molecule has 0 aliphatic heterocycles. The summed E-state index contributed by atoms with van der Waals surface area (Å²) in [5, 5.41) is 11.0. The molecule has 0 saturated heterocycles. The first-order valence-electron chi connectivity index (χ1n) is 5.78. The minimum absolute atomic E-state index is 0.0459. The van der Waals surface area contributed by atoms with Crippen LogP contribution in [-0.2, 0) is 0 Å². The average Bonchev–Trinajstić information content (AvgIpc) is 2.46. The molecular weight excluding hydrogens is 238 g/mol. The molecule has 2 aromatic rings. The summed E-state index contributed by atoms with van der Waals surface area (Å²) in [5.74, 6) is 0. The maximum absolute atomic E-state index is 11.0. The molecule has 19 heavy (non-hydrogen) atoms. The van der Waals surface area contributed by atoms with Crippen molar-refractivity contribution in [2.75, 3.05) is 0 Å². The molecule has 94 valence electrons. The number of hydrogen-bond acceptors (Lipinski definition) is 2. The van der Waals surface area contributed by atoms with Crippen LogP contribution in [0.1, 0.15) is 11.1 Å². The number of hydrogen-bond donors (Lipinski definition) is 0. The van der Waals surface area contributed by atoms with Gasteiger partial charge in [0.2, 0.25) is 0 Å². The topological polar surface area (TPSA) is 43.1 Å². The summed E-state index contributed by atoms with van der Waals surface area (Å²) in [6.45, 7) is 7.92. The minimum Gasteiger partial charge on any atom is -0.258 e. The molecule has 0 aliphatic carbocycles. The normalized spacial score (nSPS) is 9.89. The lowest BCUT2D eigenvalue weighted by Crippen LogP contribution is -1.95. The minimum atomic E-state index is -0.404. The van der Waals surface area contributed by atoms with E-state index in [1.807, 2.05) is 30.3 Å². The fraction of sp³-hybridized carbons (Fsp3) is 0. The van der Waals surface area contributed by atoms with Gasteiger partial charge in [0.15, 0.2) is 0 Å². The number of nitro benzene ring substituents is 1. The summed E-state index contributed by atoms with van der Waals surface area (Å²) in [6, 6.07) is 16.1. The van der Waals surface area contributed by atoms with Gasteiger partial charge in [0.25, 0.3) is 5.69 Å². The number of nitro groups is 1. The monoisotopic (exact) mass is 251 g/mol. The fourth-order valence-electron chi connectivity index (χ4n) is 1.86. The van der Waals surface area contributed by atoms with Gasteiger partial charge < -0.3 is 0 Å². The van der Waals surface area contributed by atoms with Crippen LogP contribution in [0.4, 0.5) is 5.69 Å². The van der Waals surface area contributed by atoms with E-state index in [-0.39, 0.29) is 5.69 Å². The van der Waals surface area contributed by atoms with Crippen molar-refractivity contribution in [3.8, 4) is 0 Å². The highest BCUT2D eigenvalue weighted by atomic mass is 16.6. The number of nitrogens with zero attached hydrogens (tertiary/aromatic N) is 1. The highest BCUT2D eigenvalue weighted by Crippen LogP contribution is 2.33. The molecule has 0 aliphatic rings. The number of allylic oxidation sites excluding steroid dienone is 2. The molecule has 0 heterocycles. The summed E-state index contributed by atoms with van der Waals surface area (Å²) >= 11 is 0. The Morgan fingerprint density at radius 1 is 0.895 bits per heavy atom. The molecule has 0 atom stereocenters. The lowest BCUT2D eigenvalue weighted by atomic mass is 9.94. The SMILES string of the molecule is C=C(C(=C)c1ccccc1[N+](=O)[O-])c1ccccc1. The van der Waals surface area contributed by atoms with Crippen molar-refractivity contribution in [3.63, 3.8) is 0 Å². The van der Waals surface area contributed by atoms with Crippen molar-refractivity contribution in [1.29, 1.82) is 0 Å². The van der Waals surface area contributed by atoms with Gasteiger partial charge in [0, 0.05) is 6.07 Å². The van der Waals surface area contributed by atoms with Gasteiger partial charge >= 0.3 is 0 Å². The molecule has 0 spiro atoms. The summed E-state index contributed by atoms with van der Waals surface area (Å²) < 4.78 is 0. The molecule has 0 radical (unpaired) electrons. The van der Waals surface area contributed by atoms with Crippen LogP contribution in [0.2, 0.25) is 0 Å². The maximum atomic E-state index is 11.0. The molecule has 0 N–H and O–H groups in total.